The summed E-state index contributed by atoms with van der Waals surface area (Å²) in [6.07, 6.45) is 0. The molecule has 7 heteroatoms. The number of nitrogens with zero attached hydrogens (tertiary/aromatic N) is 3. The van der Waals surface area contributed by atoms with Crippen LogP contribution in [0, 0.1) is 6.92 Å². The Morgan fingerprint density at radius 2 is 1.76 bits per heavy atom. The number of fused-ring (bicyclic) bond motifs is 1. The summed E-state index contributed by atoms with van der Waals surface area (Å²) in [5.41, 5.74) is 9.01. The Hall–Kier alpha value is -3.61. The van der Waals surface area contributed by atoms with Gasteiger partial charge < -0.3 is 11.1 Å². The first-order valence-electron chi connectivity index (χ1n) is 9.45. The van der Waals surface area contributed by atoms with Crippen LogP contribution in [0.25, 0.3) is 16.5 Å². The third-order valence-corrected chi connectivity index (χ3v) is 4.86. The summed E-state index contributed by atoms with van der Waals surface area (Å²) in [5, 5.41) is 16.1. The SMILES string of the molecule is Cc1cc(Nc2nn(-c3ccc(C(C)(C)C)cc3)c(=O)c3cc(N)ccc23)[nH]n1. The molecule has 0 atom stereocenters. The summed E-state index contributed by atoms with van der Waals surface area (Å²) < 4.78 is 1.40. The number of aromatic amines is 1. The molecular weight excluding hydrogens is 364 g/mol. The first kappa shape index (κ1) is 18.7. The predicted molar refractivity (Wildman–Crippen MR) is 117 cm³/mol. The maximum atomic E-state index is 13.2. The van der Waals surface area contributed by atoms with Crippen LogP contribution in [0.4, 0.5) is 17.3 Å². The van der Waals surface area contributed by atoms with Crippen molar-refractivity contribution in [1.29, 1.82) is 0 Å². The van der Waals surface area contributed by atoms with Crippen LogP contribution in [0.5, 0.6) is 0 Å². The highest BCUT2D eigenvalue weighted by Gasteiger charge is 2.16. The molecule has 0 spiro atoms. The largest absolute Gasteiger partial charge is 0.399 e. The van der Waals surface area contributed by atoms with Crippen molar-refractivity contribution >= 4 is 28.1 Å². The van der Waals surface area contributed by atoms with E-state index in [0.29, 0.717) is 33.8 Å². The number of benzene rings is 2. The number of aryl methyl sites for hydroxylation is 1. The average Bonchev–Trinajstić information content (AvgIpc) is 3.08. The highest BCUT2D eigenvalue weighted by Crippen LogP contribution is 2.26. The van der Waals surface area contributed by atoms with E-state index in [4.69, 9.17) is 5.73 Å². The van der Waals surface area contributed by atoms with Crippen molar-refractivity contribution in [2.24, 2.45) is 0 Å². The zero-order valence-corrected chi connectivity index (χ0v) is 16.9. The summed E-state index contributed by atoms with van der Waals surface area (Å²) >= 11 is 0. The molecule has 0 saturated heterocycles. The molecule has 2 aromatic heterocycles. The zero-order chi connectivity index (χ0) is 20.8. The Labute approximate surface area is 168 Å². The molecule has 0 aliphatic rings. The van der Waals surface area contributed by atoms with Gasteiger partial charge in [-0.1, -0.05) is 32.9 Å². The average molecular weight is 388 g/mol. The van der Waals surface area contributed by atoms with E-state index in [-0.39, 0.29) is 11.0 Å². The molecule has 0 aliphatic carbocycles. The third kappa shape index (κ3) is 3.59. The first-order chi connectivity index (χ1) is 13.7. The molecule has 0 fully saturated rings. The normalized spacial score (nSPS) is 11.7. The van der Waals surface area contributed by atoms with Gasteiger partial charge in [0.2, 0.25) is 0 Å². The van der Waals surface area contributed by atoms with Crippen LogP contribution >= 0.6 is 0 Å². The quantitative estimate of drug-likeness (QED) is 0.460. The number of anilines is 3. The fourth-order valence-electron chi connectivity index (χ4n) is 3.24. The van der Waals surface area contributed by atoms with Crippen molar-refractivity contribution in [2.45, 2.75) is 33.1 Å². The maximum absolute atomic E-state index is 13.2. The fourth-order valence-corrected chi connectivity index (χ4v) is 3.24. The van der Waals surface area contributed by atoms with Gasteiger partial charge >= 0.3 is 0 Å². The standard InChI is InChI=1S/C22H24N6O/c1-13-11-19(26-25-13)24-20-17-10-7-15(23)12-18(17)21(29)28(27-20)16-8-5-14(6-9-16)22(2,3)4/h5-12H,23H2,1-4H3,(H2,24,25,26,27). The van der Waals surface area contributed by atoms with Gasteiger partial charge in [0.25, 0.3) is 5.56 Å². The molecule has 0 saturated carbocycles. The van der Waals surface area contributed by atoms with E-state index in [2.05, 4.69) is 41.4 Å². The van der Waals surface area contributed by atoms with Gasteiger partial charge in [0.1, 0.15) is 5.82 Å². The van der Waals surface area contributed by atoms with Crippen molar-refractivity contribution in [3.05, 3.63) is 70.1 Å². The number of H-pyrrole nitrogens is 1. The topological polar surface area (TPSA) is 102 Å². The van der Waals surface area contributed by atoms with E-state index in [0.717, 1.165) is 5.69 Å². The summed E-state index contributed by atoms with van der Waals surface area (Å²) in [6, 6.07) is 15.0. The van der Waals surface area contributed by atoms with Gasteiger partial charge in [0.05, 0.1) is 16.8 Å². The van der Waals surface area contributed by atoms with Crippen molar-refractivity contribution in [1.82, 2.24) is 20.0 Å². The van der Waals surface area contributed by atoms with Crippen LogP contribution < -0.4 is 16.6 Å². The van der Waals surface area contributed by atoms with Crippen molar-refractivity contribution in [3.63, 3.8) is 0 Å². The molecule has 4 rings (SSSR count). The van der Waals surface area contributed by atoms with Crippen LogP contribution in [0.15, 0.2) is 53.3 Å². The lowest BCUT2D eigenvalue weighted by Gasteiger charge is -2.19. The number of hydrogen-bond donors (Lipinski definition) is 3. The van der Waals surface area contributed by atoms with Crippen LogP contribution in [0.1, 0.15) is 32.0 Å². The van der Waals surface area contributed by atoms with E-state index < -0.39 is 0 Å². The molecule has 0 unspecified atom stereocenters. The van der Waals surface area contributed by atoms with E-state index in [1.807, 2.05) is 37.3 Å². The summed E-state index contributed by atoms with van der Waals surface area (Å²) in [6.45, 7) is 8.35. The van der Waals surface area contributed by atoms with E-state index >= 15 is 0 Å². The Bertz CT molecular complexity index is 1250. The monoisotopic (exact) mass is 388 g/mol. The number of nitrogens with one attached hydrogen (secondary N) is 2. The molecule has 29 heavy (non-hydrogen) atoms. The minimum absolute atomic E-state index is 0.0277. The van der Waals surface area contributed by atoms with Gasteiger partial charge in [-0.15, -0.1) is 5.10 Å². The summed E-state index contributed by atoms with van der Waals surface area (Å²) in [4.78, 5) is 13.2. The lowest BCUT2D eigenvalue weighted by atomic mass is 9.87. The lowest BCUT2D eigenvalue weighted by molar-refractivity contribution is 0.590. The third-order valence-electron chi connectivity index (χ3n) is 4.86. The lowest BCUT2D eigenvalue weighted by Crippen LogP contribution is -2.23. The molecule has 0 aliphatic heterocycles. The molecule has 0 radical (unpaired) electrons. The molecule has 0 bridgehead atoms. The number of nitrogen functional groups attached to an aromatic ring is 1. The van der Waals surface area contributed by atoms with Crippen molar-refractivity contribution in [3.8, 4) is 5.69 Å². The first-order valence-corrected chi connectivity index (χ1v) is 9.45. The zero-order valence-electron chi connectivity index (χ0n) is 16.9. The summed E-state index contributed by atoms with van der Waals surface area (Å²) in [5.74, 6) is 1.24. The number of rotatable bonds is 3. The molecular formula is C22H24N6O. The minimum atomic E-state index is -0.220. The molecule has 7 nitrogen and oxygen atoms in total. The van der Waals surface area contributed by atoms with Gasteiger partial charge in [-0.3, -0.25) is 9.89 Å². The Balaban J connectivity index is 1.89. The molecule has 0 amide bonds. The highest BCUT2D eigenvalue weighted by molar-refractivity contribution is 5.94. The summed E-state index contributed by atoms with van der Waals surface area (Å²) in [7, 11) is 0. The van der Waals surface area contributed by atoms with E-state index in [1.165, 1.54) is 10.2 Å². The van der Waals surface area contributed by atoms with Gasteiger partial charge in [0.15, 0.2) is 5.82 Å². The van der Waals surface area contributed by atoms with E-state index in [9.17, 15) is 4.79 Å². The number of nitrogens with two attached hydrogens (primary N) is 1. The van der Waals surface area contributed by atoms with Gasteiger partial charge in [0, 0.05) is 17.1 Å². The maximum Gasteiger partial charge on any atom is 0.279 e. The second-order valence-corrected chi connectivity index (χ2v) is 8.22. The smallest absolute Gasteiger partial charge is 0.279 e. The van der Waals surface area contributed by atoms with Crippen LogP contribution in [-0.4, -0.2) is 20.0 Å². The molecule has 2 aromatic carbocycles. The van der Waals surface area contributed by atoms with Gasteiger partial charge in [-0.05, 0) is 48.2 Å². The molecule has 4 aromatic rings. The number of hydrogen-bond acceptors (Lipinski definition) is 5. The van der Waals surface area contributed by atoms with Crippen molar-refractivity contribution in [2.75, 3.05) is 11.1 Å². The Morgan fingerprint density at radius 3 is 2.38 bits per heavy atom. The molecule has 148 valence electrons. The van der Waals surface area contributed by atoms with Gasteiger partial charge in [-0.25, -0.2) is 0 Å². The van der Waals surface area contributed by atoms with Gasteiger partial charge in [-0.2, -0.15) is 9.78 Å². The second kappa shape index (κ2) is 6.77. The minimum Gasteiger partial charge on any atom is -0.399 e. The highest BCUT2D eigenvalue weighted by atomic mass is 16.1. The fraction of sp³-hybridized carbons (Fsp3) is 0.227. The van der Waals surface area contributed by atoms with E-state index in [1.54, 1.807) is 18.2 Å². The Kier molecular flexibility index (Phi) is 4.38. The molecule has 2 heterocycles. The predicted octanol–water partition coefficient (Wildman–Crippen LogP) is 4.04. The van der Waals surface area contributed by atoms with Crippen LogP contribution in [0.3, 0.4) is 0 Å². The number of aromatic nitrogens is 4. The second-order valence-electron chi connectivity index (χ2n) is 8.22. The van der Waals surface area contributed by atoms with Crippen LogP contribution in [-0.2, 0) is 5.41 Å². The Morgan fingerprint density at radius 1 is 1.03 bits per heavy atom. The van der Waals surface area contributed by atoms with Crippen molar-refractivity contribution < 1.29 is 0 Å². The van der Waals surface area contributed by atoms with Crippen LogP contribution in [0.2, 0.25) is 0 Å². The molecule has 4 N–H and O–H groups in total.